The van der Waals surface area contributed by atoms with Crippen molar-refractivity contribution in [2.45, 2.75) is 52.6 Å². The lowest BCUT2D eigenvalue weighted by Crippen LogP contribution is -2.16. The van der Waals surface area contributed by atoms with Gasteiger partial charge in [0, 0.05) is 10.3 Å². The first-order valence-corrected chi connectivity index (χ1v) is 12.7. The summed E-state index contributed by atoms with van der Waals surface area (Å²) in [6.07, 6.45) is 5.31. The van der Waals surface area contributed by atoms with E-state index in [-0.39, 0.29) is 18.3 Å². The van der Waals surface area contributed by atoms with Gasteiger partial charge in [-0.2, -0.15) is 5.26 Å². The number of thiophene rings is 1. The third-order valence-electron chi connectivity index (χ3n) is 5.82. The molecule has 0 bridgehead atoms. The Labute approximate surface area is 209 Å². The fourth-order valence-corrected chi connectivity index (χ4v) is 5.60. The van der Waals surface area contributed by atoms with Crippen molar-refractivity contribution in [3.05, 3.63) is 63.5 Å². The molecule has 0 saturated heterocycles. The molecule has 1 aliphatic carbocycles. The molecule has 35 heavy (non-hydrogen) atoms. The Balaban J connectivity index is 1.69. The standard InChI is InChI=1S/C28H28N2O4S/c1-4-33-28(32)25-22-11-7-8-12-24(22)35-27(25)30-26(31)19(16-29)15-18-13-14-23(34-17(2)3)21-10-6-5-9-20(18)21/h5-6,9-10,13-15,17H,4,7-8,11-12H2,1-3H3,(H,30,31). The molecule has 2 aromatic carbocycles. The number of nitrogens with zero attached hydrogens (tertiary/aromatic N) is 1. The van der Waals surface area contributed by atoms with Gasteiger partial charge in [-0.15, -0.1) is 11.3 Å². The molecule has 1 aromatic heterocycles. The maximum atomic E-state index is 13.2. The highest BCUT2D eigenvalue weighted by Crippen LogP contribution is 2.39. The van der Waals surface area contributed by atoms with Gasteiger partial charge in [-0.05, 0) is 75.1 Å². The van der Waals surface area contributed by atoms with Gasteiger partial charge in [0.1, 0.15) is 22.4 Å². The zero-order valence-corrected chi connectivity index (χ0v) is 21.0. The number of anilines is 1. The molecular weight excluding hydrogens is 460 g/mol. The highest BCUT2D eigenvalue weighted by molar-refractivity contribution is 7.17. The maximum Gasteiger partial charge on any atom is 0.341 e. The van der Waals surface area contributed by atoms with Crippen molar-refractivity contribution < 1.29 is 19.1 Å². The zero-order chi connectivity index (χ0) is 24.9. The van der Waals surface area contributed by atoms with Gasteiger partial charge >= 0.3 is 5.97 Å². The first kappa shape index (κ1) is 24.5. The third kappa shape index (κ3) is 5.23. The summed E-state index contributed by atoms with van der Waals surface area (Å²) in [5, 5.41) is 14.9. The fourth-order valence-electron chi connectivity index (χ4n) is 4.32. The number of nitrogens with one attached hydrogen (secondary N) is 1. The number of esters is 1. The number of benzene rings is 2. The van der Waals surface area contributed by atoms with E-state index in [4.69, 9.17) is 9.47 Å². The Hall–Kier alpha value is -3.63. The number of aryl methyl sites for hydroxylation is 1. The number of amides is 1. The van der Waals surface area contributed by atoms with Crippen LogP contribution in [0.15, 0.2) is 42.0 Å². The predicted molar refractivity (Wildman–Crippen MR) is 139 cm³/mol. The second-order valence-corrected chi connectivity index (χ2v) is 9.73. The van der Waals surface area contributed by atoms with Gasteiger partial charge in [-0.1, -0.05) is 30.3 Å². The number of nitriles is 1. The first-order chi connectivity index (χ1) is 16.9. The number of hydrogen-bond acceptors (Lipinski definition) is 6. The van der Waals surface area contributed by atoms with E-state index in [1.807, 2.05) is 56.3 Å². The molecule has 4 rings (SSSR count). The number of carbonyl (C=O) groups is 2. The second-order valence-electron chi connectivity index (χ2n) is 8.62. The average Bonchev–Trinajstić information content (AvgIpc) is 3.21. The maximum absolute atomic E-state index is 13.2. The van der Waals surface area contributed by atoms with Crippen LogP contribution in [-0.2, 0) is 22.4 Å². The second kappa shape index (κ2) is 10.7. The Morgan fingerprint density at radius 1 is 1.14 bits per heavy atom. The van der Waals surface area contributed by atoms with Gasteiger partial charge in [0.25, 0.3) is 5.91 Å². The van der Waals surface area contributed by atoms with Gasteiger partial charge in [0.15, 0.2) is 0 Å². The minimum absolute atomic E-state index is 0.0189. The van der Waals surface area contributed by atoms with Crippen molar-refractivity contribution >= 4 is 45.1 Å². The van der Waals surface area contributed by atoms with E-state index in [1.165, 1.54) is 11.3 Å². The molecule has 0 atom stereocenters. The van der Waals surface area contributed by atoms with Crippen LogP contribution in [0.2, 0.25) is 0 Å². The molecule has 3 aromatic rings. The third-order valence-corrected chi connectivity index (χ3v) is 7.03. The molecule has 0 aliphatic heterocycles. The lowest BCUT2D eigenvalue weighted by molar-refractivity contribution is -0.112. The van der Waals surface area contributed by atoms with Gasteiger partial charge in [0.2, 0.25) is 0 Å². The van der Waals surface area contributed by atoms with Crippen LogP contribution in [0.3, 0.4) is 0 Å². The van der Waals surface area contributed by atoms with Gasteiger partial charge < -0.3 is 14.8 Å². The molecule has 180 valence electrons. The van der Waals surface area contributed by atoms with E-state index in [2.05, 4.69) is 5.32 Å². The van der Waals surface area contributed by atoms with Crippen LogP contribution in [0.4, 0.5) is 5.00 Å². The topological polar surface area (TPSA) is 88.4 Å². The smallest absolute Gasteiger partial charge is 0.341 e. The molecule has 1 amide bonds. The Kier molecular flexibility index (Phi) is 7.52. The number of rotatable bonds is 7. The van der Waals surface area contributed by atoms with E-state index < -0.39 is 11.9 Å². The fraction of sp³-hybridized carbons (Fsp3) is 0.321. The molecule has 0 saturated carbocycles. The van der Waals surface area contributed by atoms with Crippen LogP contribution in [0.1, 0.15) is 60.0 Å². The largest absolute Gasteiger partial charge is 0.490 e. The summed E-state index contributed by atoms with van der Waals surface area (Å²) in [6.45, 7) is 5.94. The summed E-state index contributed by atoms with van der Waals surface area (Å²) >= 11 is 1.40. The molecule has 0 unspecified atom stereocenters. The Bertz CT molecular complexity index is 1350. The monoisotopic (exact) mass is 488 g/mol. The number of fused-ring (bicyclic) bond motifs is 2. The Morgan fingerprint density at radius 2 is 1.89 bits per heavy atom. The van der Waals surface area contributed by atoms with E-state index >= 15 is 0 Å². The number of ether oxygens (including phenoxy) is 2. The van der Waals surface area contributed by atoms with Crippen molar-refractivity contribution in [2.75, 3.05) is 11.9 Å². The van der Waals surface area contributed by atoms with Gasteiger partial charge in [0.05, 0.1) is 18.3 Å². The van der Waals surface area contributed by atoms with E-state index in [0.29, 0.717) is 10.6 Å². The van der Waals surface area contributed by atoms with Crippen molar-refractivity contribution in [3.63, 3.8) is 0 Å². The van der Waals surface area contributed by atoms with Crippen LogP contribution in [-0.4, -0.2) is 24.6 Å². The van der Waals surface area contributed by atoms with Crippen LogP contribution in [0.5, 0.6) is 5.75 Å². The predicted octanol–water partition coefficient (Wildman–Crippen LogP) is 6.29. The van der Waals surface area contributed by atoms with Crippen molar-refractivity contribution in [3.8, 4) is 11.8 Å². The van der Waals surface area contributed by atoms with E-state index in [9.17, 15) is 14.9 Å². The highest BCUT2D eigenvalue weighted by Gasteiger charge is 2.27. The van der Waals surface area contributed by atoms with Crippen LogP contribution >= 0.6 is 11.3 Å². The molecule has 0 radical (unpaired) electrons. The van der Waals surface area contributed by atoms with Crippen molar-refractivity contribution in [1.29, 1.82) is 5.26 Å². The molecule has 1 N–H and O–H groups in total. The minimum Gasteiger partial charge on any atom is -0.490 e. The van der Waals surface area contributed by atoms with Crippen LogP contribution in [0, 0.1) is 11.3 Å². The van der Waals surface area contributed by atoms with Gasteiger partial charge in [-0.25, -0.2) is 4.79 Å². The van der Waals surface area contributed by atoms with Crippen molar-refractivity contribution in [2.24, 2.45) is 0 Å². The summed E-state index contributed by atoms with van der Waals surface area (Å²) in [5.74, 6) is -0.237. The Morgan fingerprint density at radius 3 is 2.60 bits per heavy atom. The number of hydrogen-bond donors (Lipinski definition) is 1. The molecule has 1 heterocycles. The zero-order valence-electron chi connectivity index (χ0n) is 20.1. The number of carbonyl (C=O) groups excluding carboxylic acids is 2. The molecule has 7 heteroatoms. The lowest BCUT2D eigenvalue weighted by Gasteiger charge is -2.14. The van der Waals surface area contributed by atoms with E-state index in [0.717, 1.165) is 58.2 Å². The summed E-state index contributed by atoms with van der Waals surface area (Å²) in [4.78, 5) is 27.0. The molecule has 6 nitrogen and oxygen atoms in total. The molecule has 1 aliphatic rings. The minimum atomic E-state index is -0.553. The lowest BCUT2D eigenvalue weighted by atomic mass is 9.95. The SMILES string of the molecule is CCOC(=O)c1c(NC(=O)C(C#N)=Cc2ccc(OC(C)C)c3ccccc23)sc2c1CCCC2. The summed E-state index contributed by atoms with van der Waals surface area (Å²) in [5.41, 5.74) is 2.08. The average molecular weight is 489 g/mol. The van der Waals surface area contributed by atoms with Crippen LogP contribution in [0.25, 0.3) is 16.8 Å². The quantitative estimate of drug-likeness (QED) is 0.240. The summed E-state index contributed by atoms with van der Waals surface area (Å²) in [7, 11) is 0. The first-order valence-electron chi connectivity index (χ1n) is 11.9. The van der Waals surface area contributed by atoms with Crippen molar-refractivity contribution in [1.82, 2.24) is 0 Å². The summed E-state index contributed by atoms with van der Waals surface area (Å²) in [6, 6.07) is 13.5. The van der Waals surface area contributed by atoms with E-state index in [1.54, 1.807) is 13.0 Å². The highest BCUT2D eigenvalue weighted by atomic mass is 32.1. The van der Waals surface area contributed by atoms with Crippen LogP contribution < -0.4 is 10.1 Å². The molecule has 0 fully saturated rings. The molecular formula is C28H28N2O4S. The molecule has 0 spiro atoms. The normalized spacial score (nSPS) is 13.3. The van der Waals surface area contributed by atoms with Gasteiger partial charge in [-0.3, -0.25) is 4.79 Å². The summed E-state index contributed by atoms with van der Waals surface area (Å²) < 4.78 is 11.2.